The summed E-state index contributed by atoms with van der Waals surface area (Å²) in [6, 6.07) is 4.19. The Morgan fingerprint density at radius 3 is 2.52 bits per heavy atom. The third kappa shape index (κ3) is 5.39. The SMILES string of the molecule is CC(=O)C[C@H](O)C[C@H](O)[C@H]1Cc2c(nc(N(C)S(C)(=O)=O)nc2C(C)C)-c2ccc(F)cc21. The van der Waals surface area contributed by atoms with Gasteiger partial charge in [-0.05, 0) is 43.0 Å². The molecule has 0 bridgehead atoms. The fraction of sp³-hybridized carbons (Fsp3) is 0.522. The smallest absolute Gasteiger partial charge is 0.239 e. The highest BCUT2D eigenvalue weighted by molar-refractivity contribution is 7.92. The van der Waals surface area contributed by atoms with Gasteiger partial charge in [0.1, 0.15) is 11.6 Å². The number of carbonyl (C=O) groups excluding carboxylic acids is 1. The van der Waals surface area contributed by atoms with E-state index in [1.807, 2.05) is 13.8 Å². The summed E-state index contributed by atoms with van der Waals surface area (Å²) in [5.41, 5.74) is 2.99. The molecule has 0 fully saturated rings. The van der Waals surface area contributed by atoms with E-state index in [1.165, 1.54) is 26.1 Å². The number of aromatic nitrogens is 2. The van der Waals surface area contributed by atoms with Crippen molar-refractivity contribution in [2.75, 3.05) is 17.6 Å². The molecule has 0 amide bonds. The van der Waals surface area contributed by atoms with E-state index < -0.39 is 34.0 Å². The van der Waals surface area contributed by atoms with Crippen LogP contribution in [-0.2, 0) is 21.2 Å². The number of nitrogens with zero attached hydrogens (tertiary/aromatic N) is 3. The molecule has 0 saturated heterocycles. The predicted molar refractivity (Wildman–Crippen MR) is 123 cm³/mol. The van der Waals surface area contributed by atoms with Crippen molar-refractivity contribution in [3.05, 3.63) is 40.8 Å². The second kappa shape index (κ2) is 9.44. The molecule has 1 aromatic heterocycles. The summed E-state index contributed by atoms with van der Waals surface area (Å²) in [4.78, 5) is 20.4. The van der Waals surface area contributed by atoms with Crippen molar-refractivity contribution in [1.82, 2.24) is 9.97 Å². The first kappa shape index (κ1) is 25.2. The van der Waals surface area contributed by atoms with Crippen molar-refractivity contribution in [2.24, 2.45) is 0 Å². The van der Waals surface area contributed by atoms with E-state index in [0.717, 1.165) is 16.1 Å². The molecular weight excluding hydrogens is 449 g/mol. The summed E-state index contributed by atoms with van der Waals surface area (Å²) in [6.45, 7) is 5.22. The Hall–Kier alpha value is -2.43. The van der Waals surface area contributed by atoms with Crippen molar-refractivity contribution >= 4 is 21.8 Å². The van der Waals surface area contributed by atoms with E-state index >= 15 is 0 Å². The second-order valence-corrected chi connectivity index (χ2v) is 11.0. The normalized spacial score (nSPS) is 17.3. The Morgan fingerprint density at radius 1 is 1.27 bits per heavy atom. The molecule has 0 saturated carbocycles. The maximum absolute atomic E-state index is 14.2. The Bertz CT molecular complexity index is 1170. The van der Waals surface area contributed by atoms with Crippen LogP contribution in [0.3, 0.4) is 0 Å². The van der Waals surface area contributed by atoms with Crippen molar-refractivity contribution < 1.29 is 27.8 Å². The average molecular weight is 480 g/mol. The number of hydrogen-bond acceptors (Lipinski definition) is 7. The van der Waals surface area contributed by atoms with Crippen LogP contribution in [-0.4, -0.2) is 59.9 Å². The number of ketones is 1. The van der Waals surface area contributed by atoms with Gasteiger partial charge in [-0.2, -0.15) is 0 Å². The van der Waals surface area contributed by atoms with E-state index in [1.54, 1.807) is 6.07 Å². The van der Waals surface area contributed by atoms with Gasteiger partial charge in [-0.3, -0.25) is 4.79 Å². The first-order valence-corrected chi connectivity index (χ1v) is 12.6. The molecule has 1 aliphatic rings. The van der Waals surface area contributed by atoms with Crippen LogP contribution in [0.15, 0.2) is 18.2 Å². The summed E-state index contributed by atoms with van der Waals surface area (Å²) in [6.07, 6.45) is -0.808. The van der Waals surface area contributed by atoms with Crippen LogP contribution < -0.4 is 4.31 Å². The van der Waals surface area contributed by atoms with Crippen LogP contribution in [0.1, 0.15) is 62.3 Å². The van der Waals surface area contributed by atoms with Crippen LogP contribution in [0.2, 0.25) is 0 Å². The zero-order valence-electron chi connectivity index (χ0n) is 19.4. The molecule has 1 aromatic carbocycles. The second-order valence-electron chi connectivity index (χ2n) is 9.03. The molecule has 2 N–H and O–H groups in total. The molecular formula is C23H30FN3O5S. The molecule has 0 radical (unpaired) electrons. The summed E-state index contributed by atoms with van der Waals surface area (Å²) >= 11 is 0. The molecule has 10 heteroatoms. The van der Waals surface area contributed by atoms with Crippen molar-refractivity contribution in [1.29, 1.82) is 0 Å². The first-order valence-electron chi connectivity index (χ1n) is 10.8. The summed E-state index contributed by atoms with van der Waals surface area (Å²) in [7, 11) is -2.23. The molecule has 8 nitrogen and oxygen atoms in total. The van der Waals surface area contributed by atoms with Crippen LogP contribution in [0.4, 0.5) is 10.3 Å². The number of sulfonamides is 1. The van der Waals surface area contributed by atoms with Crippen LogP contribution in [0.25, 0.3) is 11.3 Å². The van der Waals surface area contributed by atoms with E-state index in [-0.39, 0.29) is 36.9 Å². The molecule has 0 unspecified atom stereocenters. The number of Topliss-reactive ketones (excluding diaryl/α,β-unsaturated/α-hetero) is 1. The van der Waals surface area contributed by atoms with E-state index in [0.29, 0.717) is 22.5 Å². The number of anilines is 1. The highest BCUT2D eigenvalue weighted by Gasteiger charge is 2.35. The zero-order chi connectivity index (χ0) is 24.7. The van der Waals surface area contributed by atoms with Gasteiger partial charge in [0.15, 0.2) is 0 Å². The lowest BCUT2D eigenvalue weighted by molar-refractivity contribution is -0.119. The fourth-order valence-electron chi connectivity index (χ4n) is 4.27. The molecule has 1 heterocycles. The minimum atomic E-state index is -3.60. The predicted octanol–water partition coefficient (Wildman–Crippen LogP) is 2.53. The highest BCUT2D eigenvalue weighted by atomic mass is 32.2. The minimum absolute atomic E-state index is 0.0195. The van der Waals surface area contributed by atoms with Crippen LogP contribution in [0.5, 0.6) is 0 Å². The Morgan fingerprint density at radius 2 is 1.94 bits per heavy atom. The zero-order valence-corrected chi connectivity index (χ0v) is 20.2. The number of aliphatic hydroxyl groups is 2. The van der Waals surface area contributed by atoms with Gasteiger partial charge >= 0.3 is 0 Å². The average Bonchev–Trinajstić information content (AvgIpc) is 2.69. The molecule has 0 aliphatic heterocycles. The Balaban J connectivity index is 2.15. The molecule has 180 valence electrons. The van der Waals surface area contributed by atoms with Crippen molar-refractivity contribution in [3.8, 4) is 11.3 Å². The monoisotopic (exact) mass is 479 g/mol. The van der Waals surface area contributed by atoms with Gasteiger partial charge < -0.3 is 10.2 Å². The number of hydrogen-bond donors (Lipinski definition) is 2. The van der Waals surface area contributed by atoms with Crippen LogP contribution >= 0.6 is 0 Å². The van der Waals surface area contributed by atoms with Crippen molar-refractivity contribution in [3.63, 3.8) is 0 Å². The lowest BCUT2D eigenvalue weighted by Gasteiger charge is -2.33. The maximum atomic E-state index is 14.2. The van der Waals surface area contributed by atoms with Crippen LogP contribution in [0, 0.1) is 5.82 Å². The summed E-state index contributed by atoms with van der Waals surface area (Å²) < 4.78 is 39.4. The van der Waals surface area contributed by atoms with Gasteiger partial charge in [0.2, 0.25) is 16.0 Å². The van der Waals surface area contributed by atoms with Gasteiger partial charge in [0, 0.05) is 36.9 Å². The third-order valence-corrected chi connectivity index (χ3v) is 7.10. The van der Waals surface area contributed by atoms with E-state index in [2.05, 4.69) is 9.97 Å². The van der Waals surface area contributed by atoms with Gasteiger partial charge in [0.25, 0.3) is 0 Å². The number of aliphatic hydroxyl groups excluding tert-OH is 2. The minimum Gasteiger partial charge on any atom is -0.393 e. The molecule has 3 rings (SSSR count). The molecule has 1 aliphatic carbocycles. The standard InChI is InChI=1S/C23H30FN3O5S/c1-12(2)21-19-11-18(20(30)10-15(29)8-13(3)28)17-9-14(24)6-7-16(17)22(19)26-23(25-21)27(4)33(5,31)32/h6-7,9,12,15,18,20,29-30H,8,10-11H2,1-5H3/t15-,18-,20-/m0/s1. The quantitative estimate of drug-likeness (QED) is 0.597. The number of fused-ring (bicyclic) bond motifs is 3. The number of halogens is 1. The molecule has 2 aromatic rings. The number of benzene rings is 1. The Kier molecular flexibility index (Phi) is 7.21. The Labute approximate surface area is 193 Å². The van der Waals surface area contributed by atoms with E-state index in [4.69, 9.17) is 0 Å². The van der Waals surface area contributed by atoms with Gasteiger partial charge in [-0.1, -0.05) is 13.8 Å². The molecule has 33 heavy (non-hydrogen) atoms. The van der Waals surface area contributed by atoms with Gasteiger partial charge in [-0.25, -0.2) is 27.1 Å². The largest absolute Gasteiger partial charge is 0.393 e. The van der Waals surface area contributed by atoms with Gasteiger partial charge in [0.05, 0.1) is 29.9 Å². The summed E-state index contributed by atoms with van der Waals surface area (Å²) in [5, 5.41) is 21.2. The fourth-order valence-corrected chi connectivity index (χ4v) is 4.65. The van der Waals surface area contributed by atoms with E-state index in [9.17, 15) is 27.8 Å². The lowest BCUT2D eigenvalue weighted by atomic mass is 9.75. The third-order valence-electron chi connectivity index (χ3n) is 5.95. The number of carbonyl (C=O) groups is 1. The van der Waals surface area contributed by atoms with Crippen molar-refractivity contribution in [2.45, 2.75) is 64.1 Å². The van der Waals surface area contributed by atoms with Gasteiger partial charge in [-0.15, -0.1) is 0 Å². The molecule has 0 spiro atoms. The summed E-state index contributed by atoms with van der Waals surface area (Å²) in [5.74, 6) is -1.27. The maximum Gasteiger partial charge on any atom is 0.239 e. The number of rotatable bonds is 8. The first-order chi connectivity index (χ1) is 15.3. The topological polar surface area (TPSA) is 121 Å². The highest BCUT2D eigenvalue weighted by Crippen LogP contribution is 2.44. The lowest BCUT2D eigenvalue weighted by Crippen LogP contribution is -2.31. The molecule has 3 atom stereocenters.